The fourth-order valence-corrected chi connectivity index (χ4v) is 2.98. The molecule has 0 amide bonds. The molecule has 2 unspecified atom stereocenters. The van der Waals surface area contributed by atoms with E-state index in [9.17, 15) is 4.39 Å². The Morgan fingerprint density at radius 3 is 2.72 bits per heavy atom. The molecule has 1 saturated carbocycles. The summed E-state index contributed by atoms with van der Waals surface area (Å²) in [5.74, 6) is 1.15. The Balaban J connectivity index is 2.23. The first-order valence-corrected chi connectivity index (χ1v) is 7.11. The predicted octanol–water partition coefficient (Wildman–Crippen LogP) is 3.31. The molecule has 98 valence electrons. The number of thiocarbonyl (C=S) groups is 1. The molecule has 1 aromatic rings. The number of nitrogens with zero attached hydrogens (tertiary/aromatic N) is 1. The van der Waals surface area contributed by atoms with Gasteiger partial charge in [-0.15, -0.1) is 0 Å². The van der Waals surface area contributed by atoms with Gasteiger partial charge in [-0.3, -0.25) is 0 Å². The van der Waals surface area contributed by atoms with Crippen LogP contribution in [0.5, 0.6) is 0 Å². The van der Waals surface area contributed by atoms with Crippen LogP contribution < -0.4 is 10.6 Å². The van der Waals surface area contributed by atoms with Crippen LogP contribution in [0.2, 0.25) is 0 Å². The van der Waals surface area contributed by atoms with Crippen LogP contribution in [0.1, 0.15) is 18.9 Å². The molecule has 2 nitrogen and oxygen atoms in total. The molecule has 0 heterocycles. The van der Waals surface area contributed by atoms with Crippen LogP contribution in [0.4, 0.5) is 10.1 Å². The topological polar surface area (TPSA) is 29.3 Å². The lowest BCUT2D eigenvalue weighted by Gasteiger charge is -2.21. The van der Waals surface area contributed by atoms with Crippen LogP contribution in [0, 0.1) is 17.7 Å². The third-order valence-corrected chi connectivity index (χ3v) is 4.52. The van der Waals surface area contributed by atoms with Crippen molar-refractivity contribution in [1.82, 2.24) is 0 Å². The second-order valence-electron chi connectivity index (χ2n) is 4.98. The van der Waals surface area contributed by atoms with Gasteiger partial charge in [0.25, 0.3) is 0 Å². The van der Waals surface area contributed by atoms with Gasteiger partial charge in [0.1, 0.15) is 4.99 Å². The van der Waals surface area contributed by atoms with E-state index in [0.29, 0.717) is 21.6 Å². The summed E-state index contributed by atoms with van der Waals surface area (Å²) in [7, 11) is 1.91. The molecule has 0 radical (unpaired) electrons. The molecule has 0 spiro atoms. The summed E-state index contributed by atoms with van der Waals surface area (Å²) in [6.45, 7) is 3.11. The van der Waals surface area contributed by atoms with Crippen molar-refractivity contribution in [1.29, 1.82) is 0 Å². The highest BCUT2D eigenvalue weighted by atomic mass is 79.9. The number of anilines is 1. The monoisotopic (exact) mass is 330 g/mol. The minimum atomic E-state index is -0.295. The van der Waals surface area contributed by atoms with Crippen molar-refractivity contribution in [2.75, 3.05) is 18.5 Å². The maximum Gasteiger partial charge on any atom is 0.161 e. The van der Waals surface area contributed by atoms with Crippen molar-refractivity contribution in [3.05, 3.63) is 28.0 Å². The highest BCUT2D eigenvalue weighted by Gasteiger charge is 2.33. The molecule has 1 aromatic carbocycles. The highest BCUT2D eigenvalue weighted by molar-refractivity contribution is 9.10. The van der Waals surface area contributed by atoms with Crippen molar-refractivity contribution < 1.29 is 4.39 Å². The number of hydrogen-bond donors (Lipinski definition) is 1. The van der Waals surface area contributed by atoms with Gasteiger partial charge in [0.2, 0.25) is 0 Å². The van der Waals surface area contributed by atoms with E-state index in [4.69, 9.17) is 18.0 Å². The molecule has 1 aliphatic rings. The maximum absolute atomic E-state index is 14.2. The van der Waals surface area contributed by atoms with Crippen molar-refractivity contribution in [2.45, 2.75) is 13.3 Å². The molecule has 2 N–H and O–H groups in total. The Kier molecular flexibility index (Phi) is 3.92. The minimum Gasteiger partial charge on any atom is -0.389 e. The van der Waals surface area contributed by atoms with E-state index in [-0.39, 0.29) is 10.8 Å². The summed E-state index contributed by atoms with van der Waals surface area (Å²) in [5, 5.41) is 0. The second-order valence-corrected chi connectivity index (χ2v) is 6.21. The smallest absolute Gasteiger partial charge is 0.161 e. The van der Waals surface area contributed by atoms with Gasteiger partial charge in [-0.2, -0.15) is 0 Å². The summed E-state index contributed by atoms with van der Waals surface area (Å²) in [5.41, 5.74) is 6.67. The van der Waals surface area contributed by atoms with Crippen molar-refractivity contribution >= 4 is 38.8 Å². The molecule has 1 fully saturated rings. The molecular formula is C13H16BrFN2S. The lowest BCUT2D eigenvalue weighted by atomic mass is 10.1. The van der Waals surface area contributed by atoms with Gasteiger partial charge >= 0.3 is 0 Å². The molecule has 0 bridgehead atoms. The summed E-state index contributed by atoms with van der Waals surface area (Å²) in [6, 6.07) is 3.50. The van der Waals surface area contributed by atoms with Gasteiger partial charge in [-0.25, -0.2) is 4.39 Å². The first-order valence-electron chi connectivity index (χ1n) is 5.90. The zero-order valence-electron chi connectivity index (χ0n) is 10.4. The van der Waals surface area contributed by atoms with Crippen LogP contribution in [-0.2, 0) is 0 Å². The molecular weight excluding hydrogens is 315 g/mol. The van der Waals surface area contributed by atoms with Crippen molar-refractivity contribution in [3.63, 3.8) is 0 Å². The third kappa shape index (κ3) is 2.67. The van der Waals surface area contributed by atoms with Crippen LogP contribution in [-0.4, -0.2) is 18.6 Å². The van der Waals surface area contributed by atoms with Gasteiger partial charge in [-0.05, 0) is 46.3 Å². The molecule has 18 heavy (non-hydrogen) atoms. The first-order chi connectivity index (χ1) is 8.41. The van der Waals surface area contributed by atoms with Gasteiger partial charge in [0.05, 0.1) is 10.2 Å². The van der Waals surface area contributed by atoms with Gasteiger partial charge < -0.3 is 10.6 Å². The highest BCUT2D eigenvalue weighted by Crippen LogP contribution is 2.39. The molecule has 5 heteroatoms. The maximum atomic E-state index is 14.2. The van der Waals surface area contributed by atoms with Crippen LogP contribution >= 0.6 is 28.1 Å². The average molecular weight is 331 g/mol. The molecule has 0 saturated heterocycles. The standard InChI is InChI=1S/C13H16BrFN2S/c1-7-5-8(7)6-17(2)10-4-3-9(13(16)18)11(14)12(10)15/h3-4,7-8H,5-6H2,1-2H3,(H2,16,18). The normalized spacial score (nSPS) is 21.8. The Hall–Kier alpha value is -0.680. The van der Waals surface area contributed by atoms with Crippen molar-refractivity contribution in [2.24, 2.45) is 17.6 Å². The number of nitrogens with two attached hydrogens (primary N) is 1. The van der Waals surface area contributed by atoms with Crippen LogP contribution in [0.25, 0.3) is 0 Å². The summed E-state index contributed by atoms with van der Waals surface area (Å²) < 4.78 is 14.6. The first kappa shape index (κ1) is 13.7. The number of halogens is 2. The zero-order chi connectivity index (χ0) is 13.4. The Morgan fingerprint density at radius 2 is 2.22 bits per heavy atom. The molecule has 1 aliphatic carbocycles. The van der Waals surface area contributed by atoms with Gasteiger partial charge in [-0.1, -0.05) is 19.1 Å². The summed E-state index contributed by atoms with van der Waals surface area (Å²) in [6.07, 6.45) is 1.23. The fraction of sp³-hybridized carbons (Fsp3) is 0.462. The van der Waals surface area contributed by atoms with Crippen LogP contribution in [0.15, 0.2) is 16.6 Å². The Labute approximate surface area is 120 Å². The molecule has 0 aromatic heterocycles. The van der Waals surface area contributed by atoms with E-state index < -0.39 is 0 Å². The van der Waals surface area contributed by atoms with E-state index in [0.717, 1.165) is 12.5 Å². The number of rotatable bonds is 4. The zero-order valence-corrected chi connectivity index (χ0v) is 12.8. The summed E-state index contributed by atoms with van der Waals surface area (Å²) in [4.78, 5) is 2.16. The third-order valence-electron chi connectivity index (χ3n) is 3.52. The van der Waals surface area contributed by atoms with E-state index in [1.54, 1.807) is 12.1 Å². The summed E-state index contributed by atoms with van der Waals surface area (Å²) >= 11 is 8.11. The fourth-order valence-electron chi connectivity index (χ4n) is 2.13. The van der Waals surface area contributed by atoms with Gasteiger partial charge in [0.15, 0.2) is 5.82 Å². The largest absolute Gasteiger partial charge is 0.389 e. The van der Waals surface area contributed by atoms with Gasteiger partial charge in [0, 0.05) is 19.2 Å². The van der Waals surface area contributed by atoms with E-state index in [1.807, 2.05) is 11.9 Å². The lowest BCUT2D eigenvalue weighted by molar-refractivity contribution is 0.610. The molecule has 2 atom stereocenters. The number of hydrogen-bond acceptors (Lipinski definition) is 2. The van der Waals surface area contributed by atoms with Crippen molar-refractivity contribution in [3.8, 4) is 0 Å². The predicted molar refractivity (Wildman–Crippen MR) is 80.5 cm³/mol. The van der Waals surface area contributed by atoms with E-state index in [1.165, 1.54) is 6.42 Å². The van der Waals surface area contributed by atoms with E-state index >= 15 is 0 Å². The molecule has 0 aliphatic heterocycles. The SMILES string of the molecule is CC1CC1CN(C)c1ccc(C(N)=S)c(Br)c1F. The number of benzene rings is 1. The second kappa shape index (κ2) is 5.13. The average Bonchev–Trinajstić information content (AvgIpc) is 2.97. The minimum absolute atomic E-state index is 0.200. The Morgan fingerprint density at radius 1 is 1.61 bits per heavy atom. The van der Waals surface area contributed by atoms with Crippen LogP contribution in [0.3, 0.4) is 0 Å². The molecule has 2 rings (SSSR count). The Bertz CT molecular complexity index is 492. The quantitative estimate of drug-likeness (QED) is 0.859. The lowest BCUT2D eigenvalue weighted by Crippen LogP contribution is -2.22. The van der Waals surface area contributed by atoms with E-state index in [2.05, 4.69) is 22.9 Å².